The van der Waals surface area contributed by atoms with Gasteiger partial charge in [-0.3, -0.25) is 14.2 Å². The van der Waals surface area contributed by atoms with E-state index in [9.17, 15) is 27.6 Å². The van der Waals surface area contributed by atoms with E-state index in [0.29, 0.717) is 4.57 Å². The van der Waals surface area contributed by atoms with Crippen molar-refractivity contribution in [2.75, 3.05) is 13.7 Å². The van der Waals surface area contributed by atoms with Crippen molar-refractivity contribution in [1.82, 2.24) is 25.0 Å². The van der Waals surface area contributed by atoms with Gasteiger partial charge in [-0.25, -0.2) is 14.4 Å². The molecule has 0 atom stereocenters. The van der Waals surface area contributed by atoms with Gasteiger partial charge in [-0.2, -0.15) is 18.7 Å². The lowest BCUT2D eigenvalue weighted by Crippen LogP contribution is -2.45. The van der Waals surface area contributed by atoms with Gasteiger partial charge in [0.25, 0.3) is 5.56 Å². The fourth-order valence-electron chi connectivity index (χ4n) is 2.74. The number of ether oxygens (including phenoxy) is 1. The first-order valence-electron chi connectivity index (χ1n) is 8.88. The molecule has 0 radical (unpaired) electrons. The first-order valence-corrected chi connectivity index (χ1v) is 9.64. The van der Waals surface area contributed by atoms with Crippen molar-refractivity contribution in [3.63, 3.8) is 0 Å². The average molecular weight is 511 g/mol. The van der Waals surface area contributed by atoms with Crippen molar-refractivity contribution in [2.45, 2.75) is 13.1 Å². The van der Waals surface area contributed by atoms with Crippen LogP contribution in [-0.4, -0.2) is 44.9 Å². The summed E-state index contributed by atoms with van der Waals surface area (Å²) in [5, 5.41) is 5.95. The van der Waals surface area contributed by atoms with Crippen molar-refractivity contribution >= 4 is 35.0 Å². The Hall–Kier alpha value is -3.23. The highest BCUT2D eigenvalue weighted by Crippen LogP contribution is 2.33. The Balaban J connectivity index is 1.94. The Morgan fingerprint density at radius 2 is 1.82 bits per heavy atom. The highest BCUT2D eigenvalue weighted by molar-refractivity contribution is 6.36. The maximum Gasteiger partial charge on any atom is 0.431 e. The number of benzene rings is 1. The number of nitrogens with one attached hydrogen (secondary N) is 1. The third-order valence-electron chi connectivity index (χ3n) is 4.34. The third-order valence-corrected chi connectivity index (χ3v) is 4.93. The Morgan fingerprint density at radius 3 is 2.42 bits per heavy atom. The number of hydrogen-bond donors (Lipinski definition) is 1. The molecule has 1 aromatic carbocycles. The molecular formula is C17H15Cl2F3N6O5. The van der Waals surface area contributed by atoms with Crippen molar-refractivity contribution in [1.29, 1.82) is 0 Å². The molecule has 0 saturated carbocycles. The Bertz CT molecular complexity index is 1260. The number of carbonyl (C=O) groups is 1. The quantitative estimate of drug-likeness (QED) is 0.647. The summed E-state index contributed by atoms with van der Waals surface area (Å²) in [4.78, 5) is 40.8. The first kappa shape index (κ1) is 24.4. The van der Waals surface area contributed by atoms with E-state index in [4.69, 9.17) is 32.8 Å². The predicted molar refractivity (Wildman–Crippen MR) is 110 cm³/mol. The van der Waals surface area contributed by atoms with Gasteiger partial charge in [0.1, 0.15) is 18.1 Å². The summed E-state index contributed by atoms with van der Waals surface area (Å²) < 4.78 is 45.6. The molecule has 178 valence electrons. The molecule has 1 N–H and O–H groups in total. The first-order chi connectivity index (χ1) is 15.3. The number of alkyl halides is 3. The highest BCUT2D eigenvalue weighted by Gasteiger charge is 2.35. The van der Waals surface area contributed by atoms with Gasteiger partial charge in [-0.05, 0) is 6.07 Å². The zero-order valence-corrected chi connectivity index (χ0v) is 18.6. The molecule has 1 aromatic heterocycles. The zero-order valence-electron chi connectivity index (χ0n) is 17.1. The number of hydrazine groups is 2. The minimum absolute atomic E-state index is 0.00779. The third kappa shape index (κ3) is 4.91. The smallest absolute Gasteiger partial charge is 0.431 e. The topological polar surface area (TPSA) is 110 Å². The van der Waals surface area contributed by atoms with Crippen molar-refractivity contribution in [2.24, 2.45) is 12.1 Å². The van der Waals surface area contributed by atoms with E-state index < -0.39 is 29.1 Å². The normalized spacial score (nSPS) is 14.2. The second kappa shape index (κ2) is 8.96. The summed E-state index contributed by atoms with van der Waals surface area (Å²) in [7, 11) is 2.38. The summed E-state index contributed by atoms with van der Waals surface area (Å²) in [6.45, 7) is 0.967. The van der Waals surface area contributed by atoms with Gasteiger partial charge >= 0.3 is 17.8 Å². The van der Waals surface area contributed by atoms with Crippen LogP contribution in [0.2, 0.25) is 10.0 Å². The van der Waals surface area contributed by atoms with Crippen LogP contribution in [0.4, 0.5) is 13.2 Å². The lowest BCUT2D eigenvalue weighted by molar-refractivity contribution is -0.256. The number of rotatable bonds is 5. The minimum Gasteiger partial charge on any atom is -0.484 e. The number of hydrogen-bond acceptors (Lipinski definition) is 9. The molecule has 0 fully saturated rings. The molecule has 1 aliphatic rings. The van der Waals surface area contributed by atoms with E-state index in [2.05, 4.69) is 10.6 Å². The molecule has 0 bridgehead atoms. The maximum absolute atomic E-state index is 13.1. The molecule has 0 unspecified atom stereocenters. The predicted octanol–water partition coefficient (Wildman–Crippen LogP) is 1.70. The van der Waals surface area contributed by atoms with Crippen molar-refractivity contribution in [3.8, 4) is 11.4 Å². The SMILES string of the molecule is CC(=O)ON1NN=C(COc2cc(-n3c(=O)cc(C(F)(F)F)n(C)c3=O)c(Cl)cc2Cl)N1C. The average Bonchev–Trinajstić information content (AvgIpc) is 3.03. The van der Waals surface area contributed by atoms with Crippen LogP contribution in [0.25, 0.3) is 5.69 Å². The molecule has 0 spiro atoms. The van der Waals surface area contributed by atoms with Crippen LogP contribution in [0, 0.1) is 0 Å². The minimum atomic E-state index is -4.91. The second-order valence-corrected chi connectivity index (χ2v) is 7.39. The van der Waals surface area contributed by atoms with Gasteiger partial charge in [0.15, 0.2) is 5.84 Å². The second-order valence-electron chi connectivity index (χ2n) is 6.57. The fourth-order valence-corrected chi connectivity index (χ4v) is 3.26. The summed E-state index contributed by atoms with van der Waals surface area (Å²) in [6.07, 6.45) is -4.91. The Morgan fingerprint density at radius 1 is 1.15 bits per heavy atom. The standard InChI is InChI=1S/C17H15Cl2F3N6O5/c1-8(29)33-28-24-23-14(26(28)3)7-32-12-5-11(9(18)4-10(12)19)27-15(30)6-13(17(20,21)22)25(2)16(27)31/h4-6,24H,7H2,1-3H3. The van der Waals surface area contributed by atoms with E-state index in [-0.39, 0.29) is 44.6 Å². The van der Waals surface area contributed by atoms with Gasteiger partial charge < -0.3 is 9.57 Å². The van der Waals surface area contributed by atoms with Crippen LogP contribution in [0.5, 0.6) is 5.75 Å². The largest absolute Gasteiger partial charge is 0.484 e. The molecule has 1 aliphatic heterocycles. The van der Waals surface area contributed by atoms with Crippen LogP contribution >= 0.6 is 23.2 Å². The summed E-state index contributed by atoms with van der Waals surface area (Å²) in [5.41, 5.74) is -1.76. The van der Waals surface area contributed by atoms with E-state index in [1.54, 1.807) is 0 Å². The van der Waals surface area contributed by atoms with Crippen LogP contribution < -0.4 is 21.5 Å². The Labute approximate surface area is 193 Å². The lowest BCUT2D eigenvalue weighted by Gasteiger charge is -2.22. The number of halogens is 5. The van der Waals surface area contributed by atoms with Crippen LogP contribution in [0.1, 0.15) is 12.6 Å². The number of aromatic nitrogens is 2. The molecule has 0 saturated heterocycles. The number of likely N-dealkylation sites (N-methyl/N-ethyl adjacent to an activating group) is 1. The summed E-state index contributed by atoms with van der Waals surface area (Å²) >= 11 is 12.2. The maximum atomic E-state index is 13.1. The van der Waals surface area contributed by atoms with Crippen molar-refractivity contribution < 1.29 is 27.5 Å². The van der Waals surface area contributed by atoms with E-state index in [1.165, 1.54) is 25.0 Å². The number of nitrogens with zero attached hydrogens (tertiary/aromatic N) is 5. The van der Waals surface area contributed by atoms with Gasteiger partial charge in [0, 0.05) is 33.2 Å². The summed E-state index contributed by atoms with van der Waals surface area (Å²) in [5.74, 6) is -0.418. The fraction of sp³-hybridized carbons (Fsp3) is 0.294. The van der Waals surface area contributed by atoms with Crippen LogP contribution in [0.15, 0.2) is 32.9 Å². The lowest BCUT2D eigenvalue weighted by atomic mass is 10.2. The van der Waals surface area contributed by atoms with E-state index >= 15 is 0 Å². The van der Waals surface area contributed by atoms with E-state index in [1.807, 2.05) is 0 Å². The molecule has 16 heteroatoms. The molecule has 3 rings (SSSR count). The molecule has 0 aliphatic carbocycles. The number of amidine groups is 1. The van der Waals surface area contributed by atoms with Crippen LogP contribution in [0.3, 0.4) is 0 Å². The monoisotopic (exact) mass is 510 g/mol. The van der Waals surface area contributed by atoms with Crippen LogP contribution in [-0.2, 0) is 22.9 Å². The highest BCUT2D eigenvalue weighted by atomic mass is 35.5. The van der Waals surface area contributed by atoms with Gasteiger partial charge in [0.2, 0.25) is 0 Å². The summed E-state index contributed by atoms with van der Waals surface area (Å²) in [6, 6.07) is 2.58. The molecule has 11 nitrogen and oxygen atoms in total. The molecule has 2 heterocycles. The van der Waals surface area contributed by atoms with Gasteiger partial charge in [0.05, 0.1) is 21.0 Å². The van der Waals surface area contributed by atoms with E-state index in [0.717, 1.165) is 18.4 Å². The molecule has 2 aromatic rings. The van der Waals surface area contributed by atoms with Gasteiger partial charge in [-0.15, -0.1) is 5.10 Å². The molecular weight excluding hydrogens is 496 g/mol. The Kier molecular flexibility index (Phi) is 6.63. The van der Waals surface area contributed by atoms with Crippen molar-refractivity contribution in [3.05, 3.63) is 54.8 Å². The molecule has 0 amide bonds. The number of carbonyl (C=O) groups excluding carboxylic acids is 1. The molecule has 33 heavy (non-hydrogen) atoms. The zero-order chi connectivity index (χ0) is 24.7. The number of hydrazone groups is 1. The van der Waals surface area contributed by atoms with Gasteiger partial charge in [-0.1, -0.05) is 23.2 Å².